The first-order valence-corrected chi connectivity index (χ1v) is 7.74. The van der Waals surface area contributed by atoms with E-state index in [0.717, 1.165) is 40.5 Å². The van der Waals surface area contributed by atoms with E-state index in [1.54, 1.807) is 6.92 Å². The summed E-state index contributed by atoms with van der Waals surface area (Å²) >= 11 is 0.858. The van der Waals surface area contributed by atoms with Crippen LogP contribution in [0.5, 0.6) is 0 Å². The van der Waals surface area contributed by atoms with Gasteiger partial charge in [0, 0.05) is 23.8 Å². The van der Waals surface area contributed by atoms with Gasteiger partial charge in [-0.05, 0) is 35.7 Å². The second kappa shape index (κ2) is 7.64. The number of pyridine rings is 1. The lowest BCUT2D eigenvalue weighted by Gasteiger charge is -2.31. The summed E-state index contributed by atoms with van der Waals surface area (Å²) in [6, 6.07) is 5.72. The molecule has 0 fully saturated rings. The van der Waals surface area contributed by atoms with Gasteiger partial charge < -0.3 is 0 Å². The summed E-state index contributed by atoms with van der Waals surface area (Å²) < 4.78 is 54.9. The van der Waals surface area contributed by atoms with Crippen LogP contribution in [0.25, 0.3) is 0 Å². The Balaban J connectivity index is 2.35. The minimum atomic E-state index is -4.54. The van der Waals surface area contributed by atoms with Gasteiger partial charge in [-0.1, -0.05) is 19.1 Å². The van der Waals surface area contributed by atoms with Gasteiger partial charge in [0.25, 0.3) is 0 Å². The summed E-state index contributed by atoms with van der Waals surface area (Å²) in [6.07, 6.45) is -1.81. The standard InChI is InChI=1S/C16H13F4N3S/c1-2-23(24-14-7-11(8-21)9-22-10-14)15(16(18,19)20)12-3-5-13(17)6-4-12/h3-7,9-10,15H,2H2,1H3/t15-/m0/s1. The molecule has 0 aliphatic carbocycles. The maximum atomic E-state index is 13.6. The fourth-order valence-corrected chi connectivity index (χ4v) is 3.16. The maximum Gasteiger partial charge on any atom is 0.408 e. The topological polar surface area (TPSA) is 39.9 Å². The van der Waals surface area contributed by atoms with E-state index in [0.29, 0.717) is 4.90 Å². The van der Waals surface area contributed by atoms with E-state index in [4.69, 9.17) is 5.26 Å². The normalized spacial score (nSPS) is 12.9. The first-order valence-electron chi connectivity index (χ1n) is 6.97. The van der Waals surface area contributed by atoms with Crippen LogP contribution in [0.1, 0.15) is 24.1 Å². The largest absolute Gasteiger partial charge is 0.408 e. The van der Waals surface area contributed by atoms with Gasteiger partial charge in [-0.3, -0.25) is 4.98 Å². The third-order valence-electron chi connectivity index (χ3n) is 3.16. The Hall–Kier alpha value is -2.11. The van der Waals surface area contributed by atoms with E-state index in [2.05, 4.69) is 4.98 Å². The molecule has 126 valence electrons. The third-order valence-corrected chi connectivity index (χ3v) is 4.30. The average Bonchev–Trinajstić information content (AvgIpc) is 2.55. The van der Waals surface area contributed by atoms with Gasteiger partial charge in [0.2, 0.25) is 0 Å². The lowest BCUT2D eigenvalue weighted by atomic mass is 10.1. The number of aromatic nitrogens is 1. The molecular weight excluding hydrogens is 342 g/mol. The maximum absolute atomic E-state index is 13.6. The summed E-state index contributed by atoms with van der Waals surface area (Å²) in [6.45, 7) is 1.68. The first kappa shape index (κ1) is 18.2. The fraction of sp³-hybridized carbons (Fsp3) is 0.250. The molecule has 0 unspecified atom stereocenters. The minimum Gasteiger partial charge on any atom is -0.262 e. The van der Waals surface area contributed by atoms with Crippen molar-refractivity contribution in [2.45, 2.75) is 24.0 Å². The molecule has 1 atom stereocenters. The highest BCUT2D eigenvalue weighted by atomic mass is 32.2. The van der Waals surface area contributed by atoms with Crippen LogP contribution in [0, 0.1) is 17.1 Å². The molecule has 1 aromatic heterocycles. The van der Waals surface area contributed by atoms with Gasteiger partial charge >= 0.3 is 6.18 Å². The van der Waals surface area contributed by atoms with Crippen LogP contribution < -0.4 is 0 Å². The molecular formula is C16H13F4N3S. The molecule has 1 heterocycles. The second-order valence-corrected chi connectivity index (χ2v) is 5.96. The second-order valence-electron chi connectivity index (χ2n) is 4.84. The third kappa shape index (κ3) is 4.46. The number of nitriles is 1. The Bertz CT molecular complexity index is 725. The summed E-state index contributed by atoms with van der Waals surface area (Å²) in [7, 11) is 0. The van der Waals surface area contributed by atoms with Crippen molar-refractivity contribution in [1.82, 2.24) is 9.29 Å². The molecule has 2 aromatic rings. The van der Waals surface area contributed by atoms with Crippen molar-refractivity contribution in [3.63, 3.8) is 0 Å². The van der Waals surface area contributed by atoms with Crippen molar-refractivity contribution in [2.75, 3.05) is 6.54 Å². The fourth-order valence-electron chi connectivity index (χ4n) is 2.13. The average molecular weight is 355 g/mol. The van der Waals surface area contributed by atoms with E-state index in [9.17, 15) is 17.6 Å². The Labute approximate surface area is 141 Å². The van der Waals surface area contributed by atoms with E-state index in [-0.39, 0.29) is 17.7 Å². The quantitative estimate of drug-likeness (QED) is 0.574. The molecule has 0 N–H and O–H groups in total. The Morgan fingerprint density at radius 2 is 1.92 bits per heavy atom. The summed E-state index contributed by atoms with van der Waals surface area (Å²) in [5, 5.41) is 8.87. The zero-order valence-electron chi connectivity index (χ0n) is 12.6. The minimum absolute atomic E-state index is 0.0531. The molecule has 0 saturated carbocycles. The summed E-state index contributed by atoms with van der Waals surface area (Å²) in [4.78, 5) is 4.27. The molecule has 0 saturated heterocycles. The highest BCUT2D eigenvalue weighted by Gasteiger charge is 2.44. The molecule has 3 nitrogen and oxygen atoms in total. The van der Waals surface area contributed by atoms with E-state index >= 15 is 0 Å². The lowest BCUT2D eigenvalue weighted by molar-refractivity contribution is -0.172. The molecule has 1 aromatic carbocycles. The molecule has 0 aliphatic heterocycles. The zero-order chi connectivity index (χ0) is 17.7. The highest BCUT2D eigenvalue weighted by molar-refractivity contribution is 7.97. The number of rotatable bonds is 5. The van der Waals surface area contributed by atoms with E-state index < -0.39 is 18.0 Å². The van der Waals surface area contributed by atoms with Crippen molar-refractivity contribution >= 4 is 11.9 Å². The first-order chi connectivity index (χ1) is 11.3. The molecule has 0 radical (unpaired) electrons. The number of nitrogens with zero attached hydrogens (tertiary/aromatic N) is 3. The van der Waals surface area contributed by atoms with Gasteiger partial charge in [-0.15, -0.1) is 0 Å². The van der Waals surface area contributed by atoms with E-state index in [1.165, 1.54) is 18.5 Å². The Morgan fingerprint density at radius 1 is 1.25 bits per heavy atom. The Morgan fingerprint density at radius 3 is 2.46 bits per heavy atom. The predicted octanol–water partition coefficient (Wildman–Crippen LogP) is 4.72. The molecule has 0 bridgehead atoms. The van der Waals surface area contributed by atoms with Crippen LogP contribution in [0.2, 0.25) is 0 Å². The number of benzene rings is 1. The molecule has 24 heavy (non-hydrogen) atoms. The van der Waals surface area contributed by atoms with Crippen LogP contribution in [0.4, 0.5) is 17.6 Å². The number of hydrogen-bond acceptors (Lipinski definition) is 4. The zero-order valence-corrected chi connectivity index (χ0v) is 13.4. The van der Waals surface area contributed by atoms with Crippen molar-refractivity contribution < 1.29 is 17.6 Å². The Kier molecular flexibility index (Phi) is 5.80. The molecule has 0 aliphatic rings. The van der Waals surface area contributed by atoms with Crippen LogP contribution in [0.15, 0.2) is 47.6 Å². The lowest BCUT2D eigenvalue weighted by Crippen LogP contribution is -2.34. The van der Waals surface area contributed by atoms with Gasteiger partial charge in [0.1, 0.15) is 17.9 Å². The van der Waals surface area contributed by atoms with Gasteiger partial charge in [-0.2, -0.15) is 18.4 Å². The van der Waals surface area contributed by atoms with Crippen LogP contribution >= 0.6 is 11.9 Å². The van der Waals surface area contributed by atoms with Crippen molar-refractivity contribution in [3.8, 4) is 6.07 Å². The number of alkyl halides is 3. The number of halogens is 4. The SMILES string of the molecule is CCN(Sc1cncc(C#N)c1)[C@@H](c1ccc(F)cc1)C(F)(F)F. The van der Waals surface area contributed by atoms with Crippen molar-refractivity contribution in [1.29, 1.82) is 5.26 Å². The van der Waals surface area contributed by atoms with Crippen molar-refractivity contribution in [3.05, 3.63) is 59.7 Å². The predicted molar refractivity (Wildman–Crippen MR) is 82.4 cm³/mol. The number of hydrogen-bond donors (Lipinski definition) is 0. The molecule has 0 spiro atoms. The highest BCUT2D eigenvalue weighted by Crippen LogP contribution is 2.42. The van der Waals surface area contributed by atoms with Gasteiger partial charge in [-0.25, -0.2) is 8.70 Å². The van der Waals surface area contributed by atoms with E-state index in [1.807, 2.05) is 6.07 Å². The van der Waals surface area contributed by atoms with Crippen LogP contribution in [-0.2, 0) is 0 Å². The van der Waals surface area contributed by atoms with Gasteiger partial charge in [0.15, 0.2) is 0 Å². The summed E-state index contributed by atoms with van der Waals surface area (Å²) in [5.74, 6) is -0.596. The van der Waals surface area contributed by atoms with Crippen LogP contribution in [-0.4, -0.2) is 22.0 Å². The van der Waals surface area contributed by atoms with Crippen molar-refractivity contribution in [2.24, 2.45) is 0 Å². The van der Waals surface area contributed by atoms with Crippen LogP contribution in [0.3, 0.4) is 0 Å². The molecule has 2 rings (SSSR count). The molecule has 8 heteroatoms. The summed E-state index contributed by atoms with van der Waals surface area (Å²) in [5.41, 5.74) is 0.212. The molecule has 0 amide bonds. The smallest absolute Gasteiger partial charge is 0.262 e. The van der Waals surface area contributed by atoms with Gasteiger partial charge in [0.05, 0.1) is 5.56 Å². The monoisotopic (exact) mass is 355 g/mol.